The van der Waals surface area contributed by atoms with E-state index in [0.717, 1.165) is 12.1 Å². The van der Waals surface area contributed by atoms with Crippen LogP contribution in [0.25, 0.3) is 0 Å². The van der Waals surface area contributed by atoms with Gasteiger partial charge in [0.2, 0.25) is 0 Å². The average molecular weight is 264 g/mol. The van der Waals surface area contributed by atoms with Gasteiger partial charge in [-0.15, -0.1) is 0 Å². The molecule has 18 heavy (non-hydrogen) atoms. The van der Waals surface area contributed by atoms with Gasteiger partial charge in [-0.2, -0.15) is 36.9 Å². The second-order valence-corrected chi connectivity index (χ2v) is 3.13. The van der Waals surface area contributed by atoms with Crippen LogP contribution < -0.4 is 0 Å². The Kier molecular flexibility index (Phi) is 3.25. The minimum atomic E-state index is -5.21. The van der Waals surface area contributed by atoms with Crippen molar-refractivity contribution in [2.24, 2.45) is 0 Å². The number of halogens is 6. The van der Waals surface area contributed by atoms with E-state index < -0.39 is 34.6 Å². The summed E-state index contributed by atoms with van der Waals surface area (Å²) in [6.07, 6.45) is -10.3. The molecule has 0 unspecified atom stereocenters. The van der Waals surface area contributed by atoms with Gasteiger partial charge in [0.25, 0.3) is 0 Å². The molecule has 0 bridgehead atoms. The van der Waals surface area contributed by atoms with E-state index in [1.54, 1.807) is 0 Å². The first kappa shape index (κ1) is 13.8. The molecule has 2 nitrogen and oxygen atoms in total. The summed E-state index contributed by atoms with van der Waals surface area (Å²) >= 11 is 0. The molecule has 94 valence electrons. The topological polar surface area (TPSA) is 47.6 Å². The normalized spacial score (nSPS) is 11.8. The summed E-state index contributed by atoms with van der Waals surface area (Å²) in [4.78, 5) is 0. The predicted molar refractivity (Wildman–Crippen MR) is 45.9 cm³/mol. The van der Waals surface area contributed by atoms with Gasteiger partial charge in [0.1, 0.15) is 6.07 Å². The molecule has 0 aliphatic heterocycles. The van der Waals surface area contributed by atoms with E-state index in [4.69, 9.17) is 10.5 Å². The Morgan fingerprint density at radius 1 is 0.833 bits per heavy atom. The molecule has 0 N–H and O–H groups in total. The maximum absolute atomic E-state index is 12.6. The van der Waals surface area contributed by atoms with E-state index in [1.807, 2.05) is 0 Å². The second-order valence-electron chi connectivity index (χ2n) is 3.13. The molecule has 0 aliphatic carbocycles. The largest absolute Gasteiger partial charge is 0.418 e. The highest BCUT2D eigenvalue weighted by atomic mass is 19.4. The third-order valence-corrected chi connectivity index (χ3v) is 2.03. The number of benzene rings is 1. The van der Waals surface area contributed by atoms with Crippen LogP contribution in [0.5, 0.6) is 0 Å². The van der Waals surface area contributed by atoms with Crippen molar-refractivity contribution >= 4 is 0 Å². The minimum Gasteiger partial charge on any atom is -0.192 e. The van der Waals surface area contributed by atoms with Crippen molar-refractivity contribution in [1.29, 1.82) is 10.5 Å². The summed E-state index contributed by atoms with van der Waals surface area (Å²) in [5.74, 6) is 0. The van der Waals surface area contributed by atoms with Gasteiger partial charge < -0.3 is 0 Å². The van der Waals surface area contributed by atoms with Crippen LogP contribution in [-0.2, 0) is 12.4 Å². The van der Waals surface area contributed by atoms with E-state index in [9.17, 15) is 26.3 Å². The maximum atomic E-state index is 12.6. The molecule has 0 atom stereocenters. The van der Waals surface area contributed by atoms with E-state index in [-0.39, 0.29) is 6.07 Å². The Morgan fingerprint density at radius 2 is 1.39 bits per heavy atom. The molecule has 0 spiro atoms. The van der Waals surface area contributed by atoms with Gasteiger partial charge in [-0.25, -0.2) is 0 Å². The van der Waals surface area contributed by atoms with Crippen LogP contribution in [0, 0.1) is 22.7 Å². The lowest BCUT2D eigenvalue weighted by molar-refractivity contribution is -0.143. The van der Waals surface area contributed by atoms with Crippen molar-refractivity contribution in [2.75, 3.05) is 0 Å². The summed E-state index contributed by atoms with van der Waals surface area (Å²) in [5.41, 5.74) is -6.18. The second kappa shape index (κ2) is 4.22. The first-order valence-electron chi connectivity index (χ1n) is 4.24. The van der Waals surface area contributed by atoms with Crippen LogP contribution >= 0.6 is 0 Å². The van der Waals surface area contributed by atoms with Crippen molar-refractivity contribution in [2.45, 2.75) is 12.4 Å². The standard InChI is InChI=1S/C10H2F6N2/c11-9(12,13)7-2-1-5(3-17)8(6(7)4-18)10(14,15)16/h1-2H. The van der Waals surface area contributed by atoms with Crippen LogP contribution in [-0.4, -0.2) is 0 Å². The zero-order chi connectivity index (χ0) is 14.1. The SMILES string of the molecule is N#Cc1ccc(C(F)(F)F)c(C#N)c1C(F)(F)F. The Bertz CT molecular complexity index is 556. The Morgan fingerprint density at radius 3 is 1.72 bits per heavy atom. The highest BCUT2D eigenvalue weighted by Crippen LogP contribution is 2.40. The summed E-state index contributed by atoms with van der Waals surface area (Å²) < 4.78 is 75.1. The number of hydrogen-bond donors (Lipinski definition) is 0. The first-order chi connectivity index (χ1) is 8.12. The molecule has 1 aromatic carbocycles. The van der Waals surface area contributed by atoms with Gasteiger partial charge in [0.15, 0.2) is 0 Å². The van der Waals surface area contributed by atoms with Gasteiger partial charge in [0, 0.05) is 0 Å². The first-order valence-corrected chi connectivity index (χ1v) is 4.24. The lowest BCUT2D eigenvalue weighted by Crippen LogP contribution is -2.16. The number of nitrogens with zero attached hydrogens (tertiary/aromatic N) is 2. The fourth-order valence-electron chi connectivity index (χ4n) is 1.34. The number of hydrogen-bond acceptors (Lipinski definition) is 2. The number of rotatable bonds is 0. The van der Waals surface area contributed by atoms with Crippen LogP contribution in [0.4, 0.5) is 26.3 Å². The van der Waals surface area contributed by atoms with Gasteiger partial charge in [-0.05, 0) is 12.1 Å². The molecule has 0 aromatic heterocycles. The smallest absolute Gasteiger partial charge is 0.192 e. The Labute approximate surface area is 96.7 Å². The molecule has 0 amide bonds. The summed E-state index contributed by atoms with van der Waals surface area (Å²) in [5, 5.41) is 16.9. The lowest BCUT2D eigenvalue weighted by atomic mass is 9.96. The fourth-order valence-corrected chi connectivity index (χ4v) is 1.34. The molecule has 0 heterocycles. The highest BCUT2D eigenvalue weighted by molar-refractivity contribution is 5.54. The summed E-state index contributed by atoms with van der Waals surface area (Å²) in [6, 6.07) is 2.66. The highest BCUT2D eigenvalue weighted by Gasteiger charge is 2.42. The van der Waals surface area contributed by atoms with Crippen molar-refractivity contribution in [3.05, 3.63) is 34.4 Å². The predicted octanol–water partition coefficient (Wildman–Crippen LogP) is 3.47. The van der Waals surface area contributed by atoms with Gasteiger partial charge in [-0.1, -0.05) is 0 Å². The third-order valence-electron chi connectivity index (χ3n) is 2.03. The van der Waals surface area contributed by atoms with E-state index in [1.165, 1.54) is 0 Å². The number of alkyl halides is 6. The van der Waals surface area contributed by atoms with Crippen molar-refractivity contribution in [1.82, 2.24) is 0 Å². The molecular formula is C10H2F6N2. The van der Waals surface area contributed by atoms with E-state index >= 15 is 0 Å². The van der Waals surface area contributed by atoms with Crippen molar-refractivity contribution in [3.63, 3.8) is 0 Å². The van der Waals surface area contributed by atoms with Crippen LogP contribution in [0.15, 0.2) is 12.1 Å². The Hall–Kier alpha value is -2.22. The molecule has 0 saturated heterocycles. The molecule has 0 saturated carbocycles. The minimum absolute atomic E-state index is 0.284. The summed E-state index contributed by atoms with van der Waals surface area (Å²) in [7, 11) is 0. The van der Waals surface area contributed by atoms with Crippen molar-refractivity contribution < 1.29 is 26.3 Å². The van der Waals surface area contributed by atoms with Gasteiger partial charge in [-0.3, -0.25) is 0 Å². The van der Waals surface area contributed by atoms with Crippen LogP contribution in [0.3, 0.4) is 0 Å². The van der Waals surface area contributed by atoms with Crippen molar-refractivity contribution in [3.8, 4) is 12.1 Å². The number of nitriles is 2. The fraction of sp³-hybridized carbons (Fsp3) is 0.200. The zero-order valence-electron chi connectivity index (χ0n) is 8.32. The molecule has 8 heteroatoms. The summed E-state index contributed by atoms with van der Waals surface area (Å²) in [6.45, 7) is 0. The average Bonchev–Trinajstić information content (AvgIpc) is 2.24. The monoisotopic (exact) mass is 264 g/mol. The molecule has 1 aromatic rings. The quantitative estimate of drug-likeness (QED) is 0.673. The van der Waals surface area contributed by atoms with E-state index in [0.29, 0.717) is 6.07 Å². The molecule has 0 fully saturated rings. The molecule has 1 rings (SSSR count). The van der Waals surface area contributed by atoms with Gasteiger partial charge in [0.05, 0.1) is 28.3 Å². The molecule has 0 radical (unpaired) electrons. The Balaban J connectivity index is 3.78. The van der Waals surface area contributed by atoms with Crippen LogP contribution in [0.1, 0.15) is 22.3 Å². The third kappa shape index (κ3) is 2.38. The van der Waals surface area contributed by atoms with E-state index in [2.05, 4.69) is 0 Å². The van der Waals surface area contributed by atoms with Gasteiger partial charge >= 0.3 is 12.4 Å². The molecule has 0 aliphatic rings. The lowest BCUT2D eigenvalue weighted by Gasteiger charge is -2.15. The zero-order valence-corrected chi connectivity index (χ0v) is 8.32. The maximum Gasteiger partial charge on any atom is 0.418 e. The van der Waals surface area contributed by atoms with Crippen LogP contribution in [0.2, 0.25) is 0 Å². The molecular weight excluding hydrogens is 262 g/mol.